The van der Waals surface area contributed by atoms with Crippen LogP contribution in [-0.2, 0) is 4.79 Å². The van der Waals surface area contributed by atoms with Crippen LogP contribution in [0, 0.1) is 5.41 Å². The van der Waals surface area contributed by atoms with Gasteiger partial charge in [0.2, 0.25) is 0 Å². The molecule has 1 heterocycles. The molecule has 2 N–H and O–H groups in total. The second-order valence-corrected chi connectivity index (χ2v) is 4.87. The number of piperidine rings is 1. The van der Waals surface area contributed by atoms with Gasteiger partial charge in [0.15, 0.2) is 0 Å². The first-order chi connectivity index (χ1) is 6.52. The van der Waals surface area contributed by atoms with Gasteiger partial charge in [-0.05, 0) is 46.1 Å². The second kappa shape index (κ2) is 4.78. The van der Waals surface area contributed by atoms with Crippen LogP contribution in [0.25, 0.3) is 0 Å². The van der Waals surface area contributed by atoms with E-state index in [1.807, 2.05) is 0 Å². The molecule has 3 heteroatoms. The van der Waals surface area contributed by atoms with Gasteiger partial charge >= 0.3 is 5.97 Å². The largest absolute Gasteiger partial charge is 0.481 e. The highest BCUT2D eigenvalue weighted by Crippen LogP contribution is 2.25. The van der Waals surface area contributed by atoms with E-state index < -0.39 is 11.4 Å². The molecule has 1 saturated heterocycles. The van der Waals surface area contributed by atoms with Gasteiger partial charge in [0.05, 0.1) is 5.41 Å². The predicted octanol–water partition coefficient (Wildman–Crippen LogP) is 2.02. The van der Waals surface area contributed by atoms with Crippen molar-refractivity contribution in [1.29, 1.82) is 0 Å². The van der Waals surface area contributed by atoms with Crippen molar-refractivity contribution in [3.05, 3.63) is 0 Å². The number of hydrogen-bond acceptors (Lipinski definition) is 2. The molecule has 1 rings (SSSR count). The summed E-state index contributed by atoms with van der Waals surface area (Å²) >= 11 is 0. The Morgan fingerprint density at radius 1 is 1.50 bits per heavy atom. The Morgan fingerprint density at radius 2 is 2.21 bits per heavy atom. The minimum absolute atomic E-state index is 0.544. The van der Waals surface area contributed by atoms with E-state index in [9.17, 15) is 4.79 Å². The average molecular weight is 199 g/mol. The van der Waals surface area contributed by atoms with Gasteiger partial charge in [-0.3, -0.25) is 4.79 Å². The number of aliphatic carboxylic acids is 1. The minimum atomic E-state index is -0.687. The minimum Gasteiger partial charge on any atom is -0.481 e. The number of carboxylic acids is 1. The summed E-state index contributed by atoms with van der Waals surface area (Å²) in [7, 11) is 0. The lowest BCUT2D eigenvalue weighted by Gasteiger charge is -2.27. The predicted molar refractivity (Wildman–Crippen MR) is 56.3 cm³/mol. The third kappa shape index (κ3) is 3.29. The molecule has 1 atom stereocenters. The lowest BCUT2D eigenvalue weighted by molar-refractivity contribution is -0.147. The summed E-state index contributed by atoms with van der Waals surface area (Å²) in [6, 6.07) is 0.544. The van der Waals surface area contributed by atoms with Gasteiger partial charge in [-0.2, -0.15) is 0 Å². The van der Waals surface area contributed by atoms with E-state index in [-0.39, 0.29) is 0 Å². The van der Waals surface area contributed by atoms with E-state index in [0.29, 0.717) is 6.04 Å². The van der Waals surface area contributed by atoms with E-state index >= 15 is 0 Å². The molecular formula is C11H21NO2. The molecule has 0 saturated carbocycles. The lowest BCUT2D eigenvalue weighted by atomic mass is 9.85. The summed E-state index contributed by atoms with van der Waals surface area (Å²) in [5.41, 5.74) is -0.570. The van der Waals surface area contributed by atoms with Gasteiger partial charge in [0.1, 0.15) is 0 Å². The highest BCUT2D eigenvalue weighted by molar-refractivity contribution is 5.73. The third-order valence-corrected chi connectivity index (χ3v) is 3.11. The molecule has 1 unspecified atom stereocenters. The van der Waals surface area contributed by atoms with Crippen LogP contribution in [0.2, 0.25) is 0 Å². The number of nitrogens with one attached hydrogen (secondary N) is 1. The summed E-state index contributed by atoms with van der Waals surface area (Å²) in [6.07, 6.45) is 5.50. The highest BCUT2D eigenvalue weighted by Gasteiger charge is 2.28. The maximum Gasteiger partial charge on any atom is 0.309 e. The van der Waals surface area contributed by atoms with E-state index in [2.05, 4.69) is 5.32 Å². The van der Waals surface area contributed by atoms with Gasteiger partial charge in [-0.25, -0.2) is 0 Å². The molecule has 0 radical (unpaired) electrons. The Labute approximate surface area is 85.9 Å². The smallest absolute Gasteiger partial charge is 0.309 e. The first kappa shape index (κ1) is 11.5. The summed E-state index contributed by atoms with van der Waals surface area (Å²) in [4.78, 5) is 10.9. The van der Waals surface area contributed by atoms with Gasteiger partial charge in [0, 0.05) is 6.04 Å². The van der Waals surface area contributed by atoms with Gasteiger partial charge < -0.3 is 10.4 Å². The Kier molecular flexibility index (Phi) is 3.93. The molecular weight excluding hydrogens is 178 g/mol. The van der Waals surface area contributed by atoms with Gasteiger partial charge in [-0.1, -0.05) is 6.42 Å². The molecule has 14 heavy (non-hydrogen) atoms. The highest BCUT2D eigenvalue weighted by atomic mass is 16.4. The fraction of sp³-hybridized carbons (Fsp3) is 0.909. The van der Waals surface area contributed by atoms with Crippen molar-refractivity contribution < 1.29 is 9.90 Å². The standard InChI is InChI=1S/C11H21NO2/c1-11(2,10(13)14)7-6-9-5-3-4-8-12-9/h9,12H,3-8H2,1-2H3,(H,13,14). The van der Waals surface area contributed by atoms with E-state index in [4.69, 9.17) is 5.11 Å². The lowest BCUT2D eigenvalue weighted by Crippen LogP contribution is -2.35. The van der Waals surface area contributed by atoms with E-state index in [0.717, 1.165) is 19.4 Å². The summed E-state index contributed by atoms with van der Waals surface area (Å²) in [5.74, 6) is -0.687. The summed E-state index contributed by atoms with van der Waals surface area (Å²) in [5, 5.41) is 12.4. The SMILES string of the molecule is CC(C)(CCC1CCCCN1)C(=O)O. The molecule has 0 aliphatic carbocycles. The Hall–Kier alpha value is -0.570. The number of carboxylic acid groups (broad SMARTS) is 1. The molecule has 0 spiro atoms. The molecule has 0 bridgehead atoms. The third-order valence-electron chi connectivity index (χ3n) is 3.11. The number of hydrogen-bond donors (Lipinski definition) is 2. The normalized spacial score (nSPS) is 23.4. The van der Waals surface area contributed by atoms with Crippen LogP contribution in [0.5, 0.6) is 0 Å². The molecule has 3 nitrogen and oxygen atoms in total. The number of carbonyl (C=O) groups is 1. The fourth-order valence-corrected chi connectivity index (χ4v) is 1.81. The molecule has 0 aromatic carbocycles. The van der Waals surface area contributed by atoms with Crippen LogP contribution < -0.4 is 5.32 Å². The van der Waals surface area contributed by atoms with Crippen LogP contribution in [0.4, 0.5) is 0 Å². The first-order valence-electron chi connectivity index (χ1n) is 5.49. The van der Waals surface area contributed by atoms with Crippen LogP contribution >= 0.6 is 0 Å². The monoisotopic (exact) mass is 199 g/mol. The molecule has 1 aliphatic rings. The van der Waals surface area contributed by atoms with Crippen LogP contribution in [0.3, 0.4) is 0 Å². The second-order valence-electron chi connectivity index (χ2n) is 4.87. The van der Waals surface area contributed by atoms with E-state index in [1.54, 1.807) is 13.8 Å². The zero-order valence-corrected chi connectivity index (χ0v) is 9.18. The zero-order valence-electron chi connectivity index (χ0n) is 9.18. The average Bonchev–Trinajstić information content (AvgIpc) is 2.16. The van der Waals surface area contributed by atoms with Crippen molar-refractivity contribution >= 4 is 5.97 Å². The number of rotatable bonds is 4. The Balaban J connectivity index is 2.28. The molecule has 0 aromatic rings. The van der Waals surface area contributed by atoms with Crippen molar-refractivity contribution in [3.63, 3.8) is 0 Å². The maximum atomic E-state index is 10.9. The van der Waals surface area contributed by atoms with Gasteiger partial charge in [-0.15, -0.1) is 0 Å². The zero-order chi connectivity index (χ0) is 10.6. The Morgan fingerprint density at radius 3 is 2.71 bits per heavy atom. The quantitative estimate of drug-likeness (QED) is 0.728. The fourth-order valence-electron chi connectivity index (χ4n) is 1.81. The molecule has 1 aliphatic heterocycles. The van der Waals surface area contributed by atoms with Crippen LogP contribution in [0.15, 0.2) is 0 Å². The molecule has 0 aromatic heterocycles. The van der Waals surface area contributed by atoms with Crippen molar-refractivity contribution in [2.45, 2.75) is 52.0 Å². The van der Waals surface area contributed by atoms with Crippen molar-refractivity contribution in [2.24, 2.45) is 5.41 Å². The molecule has 82 valence electrons. The van der Waals surface area contributed by atoms with Crippen LogP contribution in [-0.4, -0.2) is 23.7 Å². The topological polar surface area (TPSA) is 49.3 Å². The maximum absolute atomic E-state index is 10.9. The summed E-state index contributed by atoms with van der Waals surface area (Å²) in [6.45, 7) is 4.70. The Bertz CT molecular complexity index is 195. The van der Waals surface area contributed by atoms with Crippen molar-refractivity contribution in [3.8, 4) is 0 Å². The van der Waals surface area contributed by atoms with Gasteiger partial charge in [0.25, 0.3) is 0 Å². The molecule has 0 amide bonds. The van der Waals surface area contributed by atoms with Crippen molar-refractivity contribution in [2.75, 3.05) is 6.54 Å². The van der Waals surface area contributed by atoms with Crippen molar-refractivity contribution in [1.82, 2.24) is 5.32 Å². The first-order valence-corrected chi connectivity index (χ1v) is 5.49. The van der Waals surface area contributed by atoms with E-state index in [1.165, 1.54) is 19.3 Å². The summed E-state index contributed by atoms with van der Waals surface area (Å²) < 4.78 is 0. The van der Waals surface area contributed by atoms with Crippen LogP contribution in [0.1, 0.15) is 46.0 Å². The molecule has 1 fully saturated rings.